The monoisotopic (exact) mass is 269 g/mol. The average molecular weight is 269 g/mol. The van der Waals surface area contributed by atoms with Crippen LogP contribution in [-0.4, -0.2) is 62.3 Å². The Bertz CT molecular complexity index is 474. The second-order valence-corrected chi connectivity index (χ2v) is 4.31. The first kappa shape index (κ1) is 13.4. The van der Waals surface area contributed by atoms with Crippen LogP contribution < -0.4 is 10.6 Å². The molecule has 0 bridgehead atoms. The Morgan fingerprint density at radius 1 is 1.58 bits per heavy atom. The lowest BCUT2D eigenvalue weighted by atomic mass is 10.2. The molecule has 1 aliphatic rings. The molecule has 0 saturated carbocycles. The first-order valence-electron chi connectivity index (χ1n) is 5.89. The standard InChI is InChI=1S/C10H15N5O4/c16-6-3-7(12-4-6)9(17)11-1-2-15-5-8(10(18)19)13-14-15/h5-7,12,16H,1-4H2,(H,11,17)(H,18,19). The van der Waals surface area contributed by atoms with Crippen molar-refractivity contribution in [2.24, 2.45) is 0 Å². The summed E-state index contributed by atoms with van der Waals surface area (Å²) in [6.07, 6.45) is 1.22. The zero-order valence-corrected chi connectivity index (χ0v) is 10.1. The molecule has 9 nitrogen and oxygen atoms in total. The lowest BCUT2D eigenvalue weighted by Gasteiger charge is -2.10. The third kappa shape index (κ3) is 3.48. The third-order valence-corrected chi connectivity index (χ3v) is 2.82. The van der Waals surface area contributed by atoms with E-state index in [1.807, 2.05) is 0 Å². The van der Waals surface area contributed by atoms with Crippen molar-refractivity contribution in [2.45, 2.75) is 25.1 Å². The number of aromatic nitrogens is 3. The van der Waals surface area contributed by atoms with Crippen molar-refractivity contribution in [3.8, 4) is 0 Å². The number of aliphatic hydroxyl groups is 1. The second-order valence-electron chi connectivity index (χ2n) is 4.31. The summed E-state index contributed by atoms with van der Waals surface area (Å²) in [5, 5.41) is 30.6. The summed E-state index contributed by atoms with van der Waals surface area (Å²) in [6.45, 7) is 1.07. The molecule has 1 aliphatic heterocycles. The number of rotatable bonds is 5. The van der Waals surface area contributed by atoms with Crippen LogP contribution in [0, 0.1) is 0 Å². The van der Waals surface area contributed by atoms with Crippen molar-refractivity contribution in [1.29, 1.82) is 0 Å². The van der Waals surface area contributed by atoms with Gasteiger partial charge in [0.15, 0.2) is 5.69 Å². The molecule has 2 rings (SSSR count). The highest BCUT2D eigenvalue weighted by Crippen LogP contribution is 2.05. The number of carbonyl (C=O) groups excluding carboxylic acids is 1. The van der Waals surface area contributed by atoms with Crippen LogP contribution >= 0.6 is 0 Å². The van der Waals surface area contributed by atoms with Crippen LogP contribution in [0.25, 0.3) is 0 Å². The van der Waals surface area contributed by atoms with Gasteiger partial charge < -0.3 is 20.8 Å². The summed E-state index contributed by atoms with van der Waals surface area (Å²) in [5.41, 5.74) is -0.132. The summed E-state index contributed by atoms with van der Waals surface area (Å²) >= 11 is 0. The number of aromatic carboxylic acids is 1. The van der Waals surface area contributed by atoms with E-state index >= 15 is 0 Å². The molecule has 1 aromatic heterocycles. The van der Waals surface area contributed by atoms with E-state index in [4.69, 9.17) is 5.11 Å². The lowest BCUT2D eigenvalue weighted by molar-refractivity contribution is -0.122. The molecule has 0 spiro atoms. The molecule has 1 saturated heterocycles. The summed E-state index contributed by atoms with van der Waals surface area (Å²) in [5.74, 6) is -1.32. The van der Waals surface area contributed by atoms with E-state index in [9.17, 15) is 14.7 Å². The molecule has 2 heterocycles. The summed E-state index contributed by atoms with van der Waals surface area (Å²) in [4.78, 5) is 22.3. The topological polar surface area (TPSA) is 129 Å². The van der Waals surface area contributed by atoms with Crippen LogP contribution in [0.4, 0.5) is 0 Å². The van der Waals surface area contributed by atoms with E-state index < -0.39 is 12.1 Å². The Balaban J connectivity index is 1.73. The molecule has 2 atom stereocenters. The van der Waals surface area contributed by atoms with E-state index in [0.29, 0.717) is 26.1 Å². The maximum Gasteiger partial charge on any atom is 0.358 e. The zero-order valence-electron chi connectivity index (χ0n) is 10.1. The first-order chi connectivity index (χ1) is 9.06. The van der Waals surface area contributed by atoms with Gasteiger partial charge in [0.1, 0.15) is 0 Å². The number of hydrogen-bond acceptors (Lipinski definition) is 6. The van der Waals surface area contributed by atoms with Gasteiger partial charge in [0.25, 0.3) is 0 Å². The number of carboxylic acids is 1. The molecule has 4 N–H and O–H groups in total. The van der Waals surface area contributed by atoms with Crippen molar-refractivity contribution in [3.63, 3.8) is 0 Å². The number of amides is 1. The molecule has 1 fully saturated rings. The molecule has 19 heavy (non-hydrogen) atoms. The molecule has 0 aliphatic carbocycles. The Morgan fingerprint density at radius 3 is 2.95 bits per heavy atom. The Kier molecular flexibility index (Phi) is 4.07. The molecule has 2 unspecified atom stereocenters. The highest BCUT2D eigenvalue weighted by atomic mass is 16.4. The summed E-state index contributed by atoms with van der Waals surface area (Å²) in [7, 11) is 0. The van der Waals surface area contributed by atoms with Gasteiger partial charge in [-0.1, -0.05) is 5.21 Å². The van der Waals surface area contributed by atoms with Gasteiger partial charge in [-0.2, -0.15) is 0 Å². The maximum absolute atomic E-state index is 11.7. The molecular formula is C10H15N5O4. The minimum absolute atomic E-state index is 0.132. The Morgan fingerprint density at radius 2 is 2.37 bits per heavy atom. The van der Waals surface area contributed by atoms with Gasteiger partial charge >= 0.3 is 5.97 Å². The van der Waals surface area contributed by atoms with Crippen molar-refractivity contribution < 1.29 is 19.8 Å². The van der Waals surface area contributed by atoms with E-state index in [1.54, 1.807) is 0 Å². The van der Waals surface area contributed by atoms with Crippen LogP contribution in [0.1, 0.15) is 16.9 Å². The minimum atomic E-state index is -1.14. The fourth-order valence-electron chi connectivity index (χ4n) is 1.84. The van der Waals surface area contributed by atoms with Crippen LogP contribution in [0.5, 0.6) is 0 Å². The van der Waals surface area contributed by atoms with Crippen LogP contribution in [-0.2, 0) is 11.3 Å². The van der Waals surface area contributed by atoms with Gasteiger partial charge in [0.2, 0.25) is 5.91 Å². The molecule has 104 valence electrons. The van der Waals surface area contributed by atoms with Crippen LogP contribution in [0.3, 0.4) is 0 Å². The number of β-amino-alcohol motifs (C(OH)–C–C–N with tert-alkyl or cyclic N) is 1. The van der Waals surface area contributed by atoms with Gasteiger partial charge in [-0.05, 0) is 6.42 Å². The molecule has 1 amide bonds. The van der Waals surface area contributed by atoms with Gasteiger partial charge in [-0.3, -0.25) is 4.79 Å². The fourth-order valence-corrected chi connectivity index (χ4v) is 1.84. The predicted octanol–water partition coefficient (Wildman–Crippen LogP) is -2.18. The summed E-state index contributed by atoms with van der Waals surface area (Å²) in [6, 6.07) is -0.375. The minimum Gasteiger partial charge on any atom is -0.476 e. The van der Waals surface area contributed by atoms with Gasteiger partial charge in [-0.15, -0.1) is 5.10 Å². The fraction of sp³-hybridized carbons (Fsp3) is 0.600. The molecule has 9 heteroatoms. The number of nitrogens with one attached hydrogen (secondary N) is 2. The van der Waals surface area contributed by atoms with Gasteiger partial charge in [0.05, 0.1) is 24.9 Å². The van der Waals surface area contributed by atoms with Crippen molar-refractivity contribution >= 4 is 11.9 Å². The number of nitrogens with zero attached hydrogens (tertiary/aromatic N) is 3. The predicted molar refractivity (Wildman–Crippen MR) is 62.4 cm³/mol. The van der Waals surface area contributed by atoms with Gasteiger partial charge in [0, 0.05) is 13.1 Å². The van der Waals surface area contributed by atoms with E-state index in [2.05, 4.69) is 20.9 Å². The number of aliphatic hydroxyl groups excluding tert-OH is 1. The average Bonchev–Trinajstić information content (AvgIpc) is 2.98. The SMILES string of the molecule is O=C(O)c1cn(CCNC(=O)C2CC(O)CN2)nn1. The van der Waals surface area contributed by atoms with Crippen LogP contribution in [0.2, 0.25) is 0 Å². The molecule has 0 aromatic carbocycles. The highest BCUT2D eigenvalue weighted by Gasteiger charge is 2.27. The highest BCUT2D eigenvalue weighted by molar-refractivity contribution is 5.84. The maximum atomic E-state index is 11.7. The molecular weight excluding hydrogens is 254 g/mol. The third-order valence-electron chi connectivity index (χ3n) is 2.82. The zero-order chi connectivity index (χ0) is 13.8. The summed E-state index contributed by atoms with van der Waals surface area (Å²) < 4.78 is 1.35. The van der Waals surface area contributed by atoms with Crippen molar-refractivity contribution in [2.75, 3.05) is 13.1 Å². The molecule has 1 aromatic rings. The Labute approximate surface area is 108 Å². The quantitative estimate of drug-likeness (QED) is 0.478. The van der Waals surface area contributed by atoms with Crippen molar-refractivity contribution in [3.05, 3.63) is 11.9 Å². The first-order valence-corrected chi connectivity index (χ1v) is 5.89. The lowest BCUT2D eigenvalue weighted by Crippen LogP contribution is -2.41. The number of carboxylic acid groups (broad SMARTS) is 1. The second kappa shape index (κ2) is 5.76. The van der Waals surface area contributed by atoms with Crippen LogP contribution in [0.15, 0.2) is 6.20 Å². The smallest absolute Gasteiger partial charge is 0.358 e. The normalized spacial score (nSPS) is 22.4. The number of carbonyl (C=O) groups is 2. The van der Waals surface area contributed by atoms with E-state index in [0.717, 1.165) is 0 Å². The van der Waals surface area contributed by atoms with E-state index in [1.165, 1.54) is 10.9 Å². The van der Waals surface area contributed by atoms with E-state index in [-0.39, 0.29) is 17.6 Å². The van der Waals surface area contributed by atoms with Crippen molar-refractivity contribution in [1.82, 2.24) is 25.6 Å². The number of hydrogen-bond donors (Lipinski definition) is 4. The molecule has 0 radical (unpaired) electrons. The Hall–Kier alpha value is -2.00. The van der Waals surface area contributed by atoms with Gasteiger partial charge in [-0.25, -0.2) is 9.48 Å². The largest absolute Gasteiger partial charge is 0.476 e.